The molecule has 0 aliphatic carbocycles. The molecule has 2 aliphatic rings. The molecule has 0 unspecified atom stereocenters. The van der Waals surface area contributed by atoms with Gasteiger partial charge < -0.3 is 14.4 Å². The van der Waals surface area contributed by atoms with Gasteiger partial charge in [0.25, 0.3) is 0 Å². The van der Waals surface area contributed by atoms with Gasteiger partial charge in [-0.25, -0.2) is 0 Å². The van der Waals surface area contributed by atoms with Gasteiger partial charge >= 0.3 is 0 Å². The Morgan fingerprint density at radius 3 is 2.63 bits per heavy atom. The molecule has 0 N–H and O–H groups in total. The van der Waals surface area contributed by atoms with Crippen LogP contribution < -0.4 is 0 Å². The minimum absolute atomic E-state index is 0.402. The maximum atomic E-state index is 5.60. The van der Waals surface area contributed by atoms with Gasteiger partial charge in [-0.05, 0) is 32.2 Å². The average Bonchev–Trinajstić information content (AvgIpc) is 2.62. The fourth-order valence-corrected chi connectivity index (χ4v) is 3.27. The average molecular weight is 270 g/mol. The first kappa shape index (κ1) is 15.2. The molecular formula is C15H30N2O2. The van der Waals surface area contributed by atoms with Gasteiger partial charge in [0.2, 0.25) is 0 Å². The van der Waals surface area contributed by atoms with Crippen molar-refractivity contribution in [2.24, 2.45) is 5.92 Å². The first-order chi connectivity index (χ1) is 9.28. The van der Waals surface area contributed by atoms with E-state index in [2.05, 4.69) is 16.7 Å². The summed E-state index contributed by atoms with van der Waals surface area (Å²) in [6.45, 7) is 11.1. The van der Waals surface area contributed by atoms with Crippen molar-refractivity contribution in [3.8, 4) is 0 Å². The lowest BCUT2D eigenvalue weighted by molar-refractivity contribution is -0.0210. The van der Waals surface area contributed by atoms with Crippen LogP contribution in [0, 0.1) is 5.92 Å². The molecular weight excluding hydrogens is 240 g/mol. The number of ether oxygens (including phenoxy) is 2. The maximum absolute atomic E-state index is 5.60. The molecule has 2 heterocycles. The van der Waals surface area contributed by atoms with E-state index in [9.17, 15) is 0 Å². The summed E-state index contributed by atoms with van der Waals surface area (Å²) >= 11 is 0. The van der Waals surface area contributed by atoms with Crippen LogP contribution in [0.25, 0.3) is 0 Å². The molecule has 0 amide bonds. The molecule has 2 atom stereocenters. The second-order valence-electron chi connectivity index (χ2n) is 6.10. The van der Waals surface area contributed by atoms with E-state index in [1.807, 2.05) is 7.11 Å². The fraction of sp³-hybridized carbons (Fsp3) is 1.00. The maximum Gasteiger partial charge on any atom is 0.0674 e. The number of rotatable bonds is 5. The lowest BCUT2D eigenvalue weighted by Gasteiger charge is -2.33. The zero-order chi connectivity index (χ0) is 13.5. The molecule has 0 aromatic rings. The molecule has 0 aromatic carbocycles. The number of methoxy groups -OCH3 is 1. The van der Waals surface area contributed by atoms with Gasteiger partial charge in [0, 0.05) is 39.8 Å². The number of likely N-dealkylation sites (tertiary alicyclic amines) is 1. The second-order valence-corrected chi connectivity index (χ2v) is 6.10. The first-order valence-electron chi connectivity index (χ1n) is 7.83. The molecule has 19 heavy (non-hydrogen) atoms. The van der Waals surface area contributed by atoms with E-state index in [-0.39, 0.29) is 0 Å². The Bertz CT molecular complexity index is 250. The number of morpholine rings is 1. The van der Waals surface area contributed by atoms with Crippen molar-refractivity contribution in [2.45, 2.75) is 32.3 Å². The lowest BCUT2D eigenvalue weighted by Crippen LogP contribution is -2.45. The van der Waals surface area contributed by atoms with Gasteiger partial charge in [-0.3, -0.25) is 4.90 Å². The minimum atomic E-state index is 0.402. The summed E-state index contributed by atoms with van der Waals surface area (Å²) in [5.74, 6) is 0.733. The smallest absolute Gasteiger partial charge is 0.0674 e. The predicted molar refractivity (Wildman–Crippen MR) is 77.5 cm³/mol. The molecule has 4 nitrogen and oxygen atoms in total. The summed E-state index contributed by atoms with van der Waals surface area (Å²) in [5, 5.41) is 0. The lowest BCUT2D eigenvalue weighted by atomic mass is 10.0. The Morgan fingerprint density at radius 1 is 1.11 bits per heavy atom. The summed E-state index contributed by atoms with van der Waals surface area (Å²) in [6.07, 6.45) is 4.44. The third-order valence-electron chi connectivity index (χ3n) is 4.31. The van der Waals surface area contributed by atoms with Crippen LogP contribution in [-0.2, 0) is 9.47 Å². The molecule has 0 aromatic heterocycles. The number of nitrogens with zero attached hydrogens (tertiary/aromatic N) is 2. The van der Waals surface area contributed by atoms with E-state index in [1.165, 1.54) is 45.4 Å². The Hall–Kier alpha value is -0.160. The van der Waals surface area contributed by atoms with Gasteiger partial charge in [0.1, 0.15) is 0 Å². The Morgan fingerprint density at radius 2 is 1.89 bits per heavy atom. The van der Waals surface area contributed by atoms with Crippen molar-refractivity contribution in [1.29, 1.82) is 0 Å². The van der Waals surface area contributed by atoms with E-state index in [0.29, 0.717) is 6.10 Å². The SMILES string of the molecule is COC[C@H]1CCCCN(CCN2CCO[C@H](C)C2)C1. The van der Waals surface area contributed by atoms with Crippen molar-refractivity contribution in [3.05, 3.63) is 0 Å². The van der Waals surface area contributed by atoms with Gasteiger partial charge in [0.05, 0.1) is 19.3 Å². The minimum Gasteiger partial charge on any atom is -0.384 e. The first-order valence-corrected chi connectivity index (χ1v) is 7.83. The Balaban J connectivity index is 1.71. The van der Waals surface area contributed by atoms with Crippen LogP contribution in [0.4, 0.5) is 0 Å². The Kier molecular flexibility index (Phi) is 6.57. The Labute approximate surface area is 118 Å². The monoisotopic (exact) mass is 270 g/mol. The zero-order valence-corrected chi connectivity index (χ0v) is 12.6. The third kappa shape index (κ3) is 5.38. The summed E-state index contributed by atoms with van der Waals surface area (Å²) < 4.78 is 10.9. The third-order valence-corrected chi connectivity index (χ3v) is 4.31. The van der Waals surface area contributed by atoms with E-state index >= 15 is 0 Å². The molecule has 112 valence electrons. The van der Waals surface area contributed by atoms with Gasteiger partial charge in [-0.1, -0.05) is 6.42 Å². The molecule has 0 saturated carbocycles. The van der Waals surface area contributed by atoms with Crippen molar-refractivity contribution >= 4 is 0 Å². The van der Waals surface area contributed by atoms with Crippen LogP contribution in [0.2, 0.25) is 0 Å². The second kappa shape index (κ2) is 8.20. The molecule has 2 fully saturated rings. The molecule has 0 radical (unpaired) electrons. The summed E-state index contributed by atoms with van der Waals surface area (Å²) in [7, 11) is 1.82. The van der Waals surface area contributed by atoms with E-state index in [4.69, 9.17) is 9.47 Å². The van der Waals surface area contributed by atoms with Crippen LogP contribution in [0.3, 0.4) is 0 Å². The quantitative estimate of drug-likeness (QED) is 0.755. The van der Waals surface area contributed by atoms with E-state index < -0.39 is 0 Å². The van der Waals surface area contributed by atoms with E-state index in [0.717, 1.165) is 32.2 Å². The van der Waals surface area contributed by atoms with Crippen molar-refractivity contribution in [2.75, 3.05) is 59.6 Å². The molecule has 4 heteroatoms. The molecule has 2 aliphatic heterocycles. The van der Waals surface area contributed by atoms with E-state index in [1.54, 1.807) is 0 Å². The molecule has 0 spiro atoms. The van der Waals surface area contributed by atoms with Crippen LogP contribution >= 0.6 is 0 Å². The predicted octanol–water partition coefficient (Wildman–Crippen LogP) is 1.46. The normalized spacial score (nSPS) is 31.3. The van der Waals surface area contributed by atoms with Gasteiger partial charge in [-0.2, -0.15) is 0 Å². The van der Waals surface area contributed by atoms with Crippen LogP contribution in [-0.4, -0.2) is 75.5 Å². The highest BCUT2D eigenvalue weighted by Gasteiger charge is 2.20. The van der Waals surface area contributed by atoms with Gasteiger partial charge in [-0.15, -0.1) is 0 Å². The highest BCUT2D eigenvalue weighted by atomic mass is 16.5. The summed E-state index contributed by atoms with van der Waals surface area (Å²) in [6, 6.07) is 0. The molecule has 2 saturated heterocycles. The highest BCUT2D eigenvalue weighted by molar-refractivity contribution is 4.74. The standard InChI is InChI=1S/C15H30N2O2/c1-14-11-17(9-10-19-14)8-7-16-6-4-3-5-15(12-16)13-18-2/h14-15H,3-13H2,1-2H3/t14-,15+/m1/s1. The molecule has 2 rings (SSSR count). The topological polar surface area (TPSA) is 24.9 Å². The number of hydrogen-bond donors (Lipinski definition) is 0. The van der Waals surface area contributed by atoms with Crippen LogP contribution in [0.15, 0.2) is 0 Å². The summed E-state index contributed by atoms with van der Waals surface area (Å²) in [5.41, 5.74) is 0. The fourth-order valence-electron chi connectivity index (χ4n) is 3.27. The van der Waals surface area contributed by atoms with Gasteiger partial charge in [0.15, 0.2) is 0 Å². The number of hydrogen-bond acceptors (Lipinski definition) is 4. The largest absolute Gasteiger partial charge is 0.384 e. The van der Waals surface area contributed by atoms with Crippen molar-refractivity contribution < 1.29 is 9.47 Å². The highest BCUT2D eigenvalue weighted by Crippen LogP contribution is 2.16. The molecule has 0 bridgehead atoms. The van der Waals surface area contributed by atoms with Crippen molar-refractivity contribution in [3.63, 3.8) is 0 Å². The van der Waals surface area contributed by atoms with Crippen molar-refractivity contribution in [1.82, 2.24) is 9.80 Å². The van der Waals surface area contributed by atoms with Crippen LogP contribution in [0.1, 0.15) is 26.2 Å². The van der Waals surface area contributed by atoms with Crippen LogP contribution in [0.5, 0.6) is 0 Å². The zero-order valence-electron chi connectivity index (χ0n) is 12.6. The summed E-state index contributed by atoms with van der Waals surface area (Å²) in [4.78, 5) is 5.18.